The first-order chi connectivity index (χ1) is 11.7. The topological polar surface area (TPSA) is 41.1 Å². The third kappa shape index (κ3) is 4.06. The summed E-state index contributed by atoms with van der Waals surface area (Å²) in [7, 11) is 0. The van der Waals surface area contributed by atoms with Crippen molar-refractivity contribution in [2.45, 2.75) is 0 Å². The lowest BCUT2D eigenvalue weighted by molar-refractivity contribution is 0.0977. The number of rotatable bonds is 3. The number of hydrogen-bond donors (Lipinski definition) is 2. The maximum absolute atomic E-state index is 12.1. The zero-order valence-corrected chi connectivity index (χ0v) is 13.7. The van der Waals surface area contributed by atoms with E-state index in [1.165, 1.54) is 0 Å². The summed E-state index contributed by atoms with van der Waals surface area (Å²) in [5, 5.41) is 6.01. The molecule has 0 radical (unpaired) electrons. The Morgan fingerprint density at radius 3 is 2.08 bits per heavy atom. The Morgan fingerprint density at radius 2 is 1.38 bits per heavy atom. The molecule has 0 saturated heterocycles. The normalized spacial score (nSPS) is 10.0. The van der Waals surface area contributed by atoms with E-state index in [0.717, 1.165) is 16.8 Å². The minimum absolute atomic E-state index is 0.229. The highest BCUT2D eigenvalue weighted by molar-refractivity contribution is 7.80. The number of benzene rings is 3. The van der Waals surface area contributed by atoms with Crippen LogP contribution >= 0.6 is 12.2 Å². The molecule has 0 spiro atoms. The molecule has 0 atom stereocenters. The summed E-state index contributed by atoms with van der Waals surface area (Å²) < 4.78 is 0. The molecule has 0 aliphatic heterocycles. The summed E-state index contributed by atoms with van der Waals surface area (Å²) in [5.41, 5.74) is 3.60. The highest BCUT2D eigenvalue weighted by Gasteiger charge is 2.07. The number of carbonyl (C=O) groups is 1. The van der Waals surface area contributed by atoms with Crippen molar-refractivity contribution in [3.8, 4) is 11.1 Å². The molecule has 0 bridgehead atoms. The van der Waals surface area contributed by atoms with Crippen molar-refractivity contribution in [1.82, 2.24) is 5.32 Å². The molecule has 3 aromatic carbocycles. The molecule has 4 heteroatoms. The molecule has 3 nitrogen and oxygen atoms in total. The minimum atomic E-state index is -0.229. The fraction of sp³-hybridized carbons (Fsp3) is 0. The van der Waals surface area contributed by atoms with Gasteiger partial charge < -0.3 is 5.32 Å². The molecule has 0 fully saturated rings. The number of nitrogens with one attached hydrogen (secondary N) is 2. The molecule has 118 valence electrons. The Kier molecular flexibility index (Phi) is 4.99. The Hall–Kier alpha value is -2.98. The van der Waals surface area contributed by atoms with Crippen LogP contribution in [0.3, 0.4) is 0 Å². The van der Waals surface area contributed by atoms with Crippen LogP contribution in [-0.2, 0) is 0 Å². The lowest BCUT2D eigenvalue weighted by Crippen LogP contribution is -2.34. The first-order valence-corrected chi connectivity index (χ1v) is 7.96. The van der Waals surface area contributed by atoms with Gasteiger partial charge in [0.1, 0.15) is 0 Å². The van der Waals surface area contributed by atoms with Gasteiger partial charge in [-0.15, -0.1) is 0 Å². The van der Waals surface area contributed by atoms with Gasteiger partial charge in [-0.1, -0.05) is 60.7 Å². The van der Waals surface area contributed by atoms with Crippen LogP contribution in [-0.4, -0.2) is 11.0 Å². The highest BCUT2D eigenvalue weighted by Crippen LogP contribution is 2.22. The second-order valence-corrected chi connectivity index (χ2v) is 5.63. The molecule has 0 saturated carbocycles. The predicted molar refractivity (Wildman–Crippen MR) is 102 cm³/mol. The third-order valence-corrected chi connectivity index (χ3v) is 3.69. The van der Waals surface area contributed by atoms with Gasteiger partial charge in [0, 0.05) is 11.3 Å². The van der Waals surface area contributed by atoms with Crippen LogP contribution in [0.15, 0.2) is 84.9 Å². The minimum Gasteiger partial charge on any atom is -0.332 e. The van der Waals surface area contributed by atoms with Gasteiger partial charge in [-0.3, -0.25) is 10.1 Å². The van der Waals surface area contributed by atoms with Crippen LogP contribution in [0, 0.1) is 0 Å². The molecule has 0 heterocycles. The summed E-state index contributed by atoms with van der Waals surface area (Å²) in [4.78, 5) is 12.1. The molecule has 0 aliphatic rings. The van der Waals surface area contributed by atoms with E-state index in [1.54, 1.807) is 12.1 Å². The zero-order valence-electron chi connectivity index (χ0n) is 12.9. The van der Waals surface area contributed by atoms with E-state index in [4.69, 9.17) is 12.2 Å². The maximum atomic E-state index is 12.1. The van der Waals surface area contributed by atoms with Gasteiger partial charge in [0.25, 0.3) is 5.91 Å². The second-order valence-electron chi connectivity index (χ2n) is 5.22. The standard InChI is InChI=1S/C20H16N2OS/c23-19(16-10-5-2-6-11-16)22-20(24)21-18-13-7-12-17(14-18)15-8-3-1-4-9-15/h1-14H,(H2,21,22,23,24). The number of anilines is 1. The van der Waals surface area contributed by atoms with Gasteiger partial charge in [-0.25, -0.2) is 0 Å². The number of hydrogen-bond acceptors (Lipinski definition) is 2. The summed E-state index contributed by atoms with van der Waals surface area (Å²) in [6.45, 7) is 0. The van der Waals surface area contributed by atoms with Crippen LogP contribution in [0.25, 0.3) is 11.1 Å². The molecule has 0 aromatic heterocycles. The fourth-order valence-electron chi connectivity index (χ4n) is 2.33. The maximum Gasteiger partial charge on any atom is 0.257 e. The lowest BCUT2D eigenvalue weighted by atomic mass is 10.1. The van der Waals surface area contributed by atoms with E-state index in [-0.39, 0.29) is 11.0 Å². The average Bonchev–Trinajstić information content (AvgIpc) is 2.63. The van der Waals surface area contributed by atoms with E-state index in [1.807, 2.05) is 60.7 Å². The van der Waals surface area contributed by atoms with E-state index >= 15 is 0 Å². The van der Waals surface area contributed by atoms with Gasteiger partial charge in [0.05, 0.1) is 0 Å². The highest BCUT2D eigenvalue weighted by atomic mass is 32.1. The van der Waals surface area contributed by atoms with Crippen LogP contribution in [0.5, 0.6) is 0 Å². The van der Waals surface area contributed by atoms with Crippen LogP contribution in [0.4, 0.5) is 5.69 Å². The largest absolute Gasteiger partial charge is 0.332 e. The van der Waals surface area contributed by atoms with E-state index in [2.05, 4.69) is 22.8 Å². The number of thiocarbonyl (C=S) groups is 1. The summed E-state index contributed by atoms with van der Waals surface area (Å²) >= 11 is 5.23. The lowest BCUT2D eigenvalue weighted by Gasteiger charge is -2.11. The third-order valence-electron chi connectivity index (χ3n) is 3.49. The molecule has 24 heavy (non-hydrogen) atoms. The van der Waals surface area contributed by atoms with Gasteiger partial charge in [-0.2, -0.15) is 0 Å². The Bertz CT molecular complexity index is 848. The van der Waals surface area contributed by atoms with Crippen molar-refractivity contribution in [2.75, 3.05) is 5.32 Å². The molecular weight excluding hydrogens is 316 g/mol. The van der Waals surface area contributed by atoms with Crippen molar-refractivity contribution >= 4 is 28.9 Å². The summed E-state index contributed by atoms with van der Waals surface area (Å²) in [6, 6.07) is 27.0. The fourth-order valence-corrected chi connectivity index (χ4v) is 2.54. The Balaban J connectivity index is 1.68. The molecule has 2 N–H and O–H groups in total. The molecule has 1 amide bonds. The predicted octanol–water partition coefficient (Wildman–Crippen LogP) is 4.48. The van der Waals surface area contributed by atoms with Crippen molar-refractivity contribution < 1.29 is 4.79 Å². The van der Waals surface area contributed by atoms with E-state index in [9.17, 15) is 4.79 Å². The number of carbonyl (C=O) groups excluding carboxylic acids is 1. The smallest absolute Gasteiger partial charge is 0.257 e. The van der Waals surface area contributed by atoms with Crippen molar-refractivity contribution in [1.29, 1.82) is 0 Å². The first kappa shape index (κ1) is 15.9. The molecule has 3 rings (SSSR count). The van der Waals surface area contributed by atoms with Crippen LogP contribution in [0.1, 0.15) is 10.4 Å². The second kappa shape index (κ2) is 7.53. The Labute approximate surface area is 146 Å². The molecular formula is C20H16N2OS. The van der Waals surface area contributed by atoms with Crippen molar-refractivity contribution in [2.24, 2.45) is 0 Å². The molecule has 0 unspecified atom stereocenters. The van der Waals surface area contributed by atoms with Gasteiger partial charge in [0.2, 0.25) is 0 Å². The van der Waals surface area contributed by atoms with Gasteiger partial charge >= 0.3 is 0 Å². The Morgan fingerprint density at radius 1 is 0.750 bits per heavy atom. The van der Waals surface area contributed by atoms with Gasteiger partial charge in [-0.05, 0) is 47.6 Å². The van der Waals surface area contributed by atoms with Gasteiger partial charge in [0.15, 0.2) is 5.11 Å². The molecule has 0 aliphatic carbocycles. The van der Waals surface area contributed by atoms with Crippen LogP contribution in [0.2, 0.25) is 0 Å². The molecule has 3 aromatic rings. The summed E-state index contributed by atoms with van der Waals surface area (Å²) in [5.74, 6) is -0.229. The SMILES string of the molecule is O=C(NC(=S)Nc1cccc(-c2ccccc2)c1)c1ccccc1. The quantitative estimate of drug-likeness (QED) is 0.695. The first-order valence-electron chi connectivity index (χ1n) is 7.55. The van der Waals surface area contributed by atoms with Crippen LogP contribution < -0.4 is 10.6 Å². The number of amides is 1. The van der Waals surface area contributed by atoms with E-state index in [0.29, 0.717) is 5.56 Å². The zero-order chi connectivity index (χ0) is 16.8. The average molecular weight is 332 g/mol. The van der Waals surface area contributed by atoms with Crippen molar-refractivity contribution in [3.05, 3.63) is 90.5 Å². The summed E-state index contributed by atoms with van der Waals surface area (Å²) in [6.07, 6.45) is 0. The van der Waals surface area contributed by atoms with Crippen molar-refractivity contribution in [3.63, 3.8) is 0 Å². The monoisotopic (exact) mass is 332 g/mol. The van der Waals surface area contributed by atoms with E-state index < -0.39 is 0 Å².